The second kappa shape index (κ2) is 7.59. The average Bonchev–Trinajstić information content (AvgIpc) is 2.65. The summed E-state index contributed by atoms with van der Waals surface area (Å²) in [7, 11) is 0. The minimum atomic E-state index is -0.725. The van der Waals surface area contributed by atoms with Gasteiger partial charge in [-0.25, -0.2) is 0 Å². The van der Waals surface area contributed by atoms with Gasteiger partial charge in [-0.3, -0.25) is 14.5 Å². The van der Waals surface area contributed by atoms with E-state index in [-0.39, 0.29) is 11.8 Å². The molecule has 1 aliphatic heterocycles. The van der Waals surface area contributed by atoms with Gasteiger partial charge < -0.3 is 9.47 Å². The molecule has 130 valence electrons. The van der Waals surface area contributed by atoms with Gasteiger partial charge >= 0.3 is 0 Å². The fourth-order valence-corrected chi connectivity index (χ4v) is 3.00. The zero-order valence-electron chi connectivity index (χ0n) is 14.3. The predicted octanol–water partition coefficient (Wildman–Crippen LogP) is 3.18. The molecule has 0 saturated carbocycles. The fraction of sp³-hybridized carbons (Fsp3) is 0.300. The normalized spacial score (nSPS) is 20.9. The summed E-state index contributed by atoms with van der Waals surface area (Å²) in [5, 5.41) is 0. The first-order chi connectivity index (χ1) is 12.1. The summed E-state index contributed by atoms with van der Waals surface area (Å²) in [6, 6.07) is 17.8. The van der Waals surface area contributed by atoms with Crippen LogP contribution < -0.4 is 0 Å². The third-order valence-electron chi connectivity index (χ3n) is 4.17. The number of likely N-dealkylation sites (tertiary alicyclic amines) is 1. The highest BCUT2D eigenvalue weighted by molar-refractivity contribution is 6.10. The molecule has 0 bridgehead atoms. The molecule has 3 rings (SSSR count). The van der Waals surface area contributed by atoms with Crippen LogP contribution in [-0.2, 0) is 14.3 Å². The Morgan fingerprint density at radius 1 is 1.08 bits per heavy atom. The molecule has 0 spiro atoms. The molecule has 0 aromatic heterocycles. The highest BCUT2D eigenvalue weighted by Crippen LogP contribution is 2.38. The lowest BCUT2D eigenvalue weighted by molar-refractivity contribution is -0.209. The van der Waals surface area contributed by atoms with Crippen molar-refractivity contribution in [3.8, 4) is 0 Å². The summed E-state index contributed by atoms with van der Waals surface area (Å²) in [6.07, 6.45) is -1.24. The summed E-state index contributed by atoms with van der Waals surface area (Å²) >= 11 is 0. The molecule has 0 radical (unpaired) electrons. The van der Waals surface area contributed by atoms with Crippen LogP contribution >= 0.6 is 0 Å². The van der Waals surface area contributed by atoms with Gasteiger partial charge in [0, 0.05) is 12.2 Å². The van der Waals surface area contributed by atoms with Gasteiger partial charge in [0.05, 0.1) is 0 Å². The Balaban J connectivity index is 1.87. The molecular formula is C20H21NO4. The van der Waals surface area contributed by atoms with Gasteiger partial charge in [0.2, 0.25) is 0 Å². The SMILES string of the molecule is CCOC(C)OC1C(=O)N(C(=O)c2ccccc2)[C@H]1c1ccccc1. The van der Waals surface area contributed by atoms with E-state index in [1.165, 1.54) is 4.90 Å². The summed E-state index contributed by atoms with van der Waals surface area (Å²) in [5.41, 5.74) is 1.34. The van der Waals surface area contributed by atoms with Gasteiger partial charge in [-0.2, -0.15) is 0 Å². The van der Waals surface area contributed by atoms with Gasteiger partial charge in [0.15, 0.2) is 12.4 Å². The van der Waals surface area contributed by atoms with E-state index >= 15 is 0 Å². The van der Waals surface area contributed by atoms with Crippen molar-refractivity contribution in [3.05, 3.63) is 71.8 Å². The van der Waals surface area contributed by atoms with Crippen LogP contribution in [0.3, 0.4) is 0 Å². The number of ether oxygens (including phenoxy) is 2. The maximum absolute atomic E-state index is 12.8. The number of carbonyl (C=O) groups is 2. The summed E-state index contributed by atoms with van der Waals surface area (Å²) in [5.74, 6) is -0.655. The third-order valence-corrected chi connectivity index (χ3v) is 4.17. The minimum Gasteiger partial charge on any atom is -0.353 e. The monoisotopic (exact) mass is 339 g/mol. The molecule has 0 aliphatic carbocycles. The number of β-lactam (4-membered cyclic amide) rings is 1. The lowest BCUT2D eigenvalue weighted by Crippen LogP contribution is -2.62. The van der Waals surface area contributed by atoms with Crippen LogP contribution in [0.1, 0.15) is 35.8 Å². The first kappa shape index (κ1) is 17.3. The van der Waals surface area contributed by atoms with Gasteiger partial charge in [-0.15, -0.1) is 0 Å². The quantitative estimate of drug-likeness (QED) is 0.461. The molecule has 0 N–H and O–H groups in total. The maximum atomic E-state index is 12.8. The van der Waals surface area contributed by atoms with Gasteiger partial charge in [0.25, 0.3) is 11.8 Å². The number of hydrogen-bond donors (Lipinski definition) is 0. The molecule has 25 heavy (non-hydrogen) atoms. The van der Waals surface area contributed by atoms with Crippen molar-refractivity contribution < 1.29 is 19.1 Å². The first-order valence-electron chi connectivity index (χ1n) is 8.38. The largest absolute Gasteiger partial charge is 0.353 e. The second-order valence-electron chi connectivity index (χ2n) is 5.81. The zero-order valence-corrected chi connectivity index (χ0v) is 14.3. The molecule has 2 amide bonds. The Bertz CT molecular complexity index is 732. The molecule has 1 saturated heterocycles. The van der Waals surface area contributed by atoms with E-state index in [4.69, 9.17) is 9.47 Å². The van der Waals surface area contributed by atoms with Gasteiger partial charge in [-0.05, 0) is 31.5 Å². The fourth-order valence-electron chi connectivity index (χ4n) is 3.00. The number of benzene rings is 2. The third kappa shape index (κ3) is 3.48. The van der Waals surface area contributed by atoms with Crippen LogP contribution in [0, 0.1) is 0 Å². The molecule has 1 heterocycles. The van der Waals surface area contributed by atoms with Crippen LogP contribution in [0.5, 0.6) is 0 Å². The van der Waals surface area contributed by atoms with Crippen molar-refractivity contribution in [1.29, 1.82) is 0 Å². The van der Waals surface area contributed by atoms with Crippen LogP contribution in [0.25, 0.3) is 0 Å². The van der Waals surface area contributed by atoms with Crippen molar-refractivity contribution in [2.45, 2.75) is 32.3 Å². The van der Waals surface area contributed by atoms with Crippen molar-refractivity contribution in [2.75, 3.05) is 6.61 Å². The second-order valence-corrected chi connectivity index (χ2v) is 5.81. The van der Waals surface area contributed by atoms with Gasteiger partial charge in [-0.1, -0.05) is 48.5 Å². The Hall–Kier alpha value is -2.50. The number of carbonyl (C=O) groups excluding carboxylic acids is 2. The van der Waals surface area contributed by atoms with E-state index in [1.807, 2.05) is 43.3 Å². The number of amides is 2. The minimum absolute atomic E-state index is 0.316. The molecule has 5 nitrogen and oxygen atoms in total. The lowest BCUT2D eigenvalue weighted by Gasteiger charge is -2.46. The van der Waals surface area contributed by atoms with E-state index in [0.29, 0.717) is 12.2 Å². The lowest BCUT2D eigenvalue weighted by atomic mass is 9.89. The standard InChI is InChI=1S/C20H21NO4/c1-3-24-14(2)25-18-17(15-10-6-4-7-11-15)21(20(18)23)19(22)16-12-8-5-9-13-16/h4-14,17-18H,3H2,1-2H3/t14?,17-,18?/m0/s1. The van der Waals surface area contributed by atoms with Crippen LogP contribution in [0.4, 0.5) is 0 Å². The molecule has 2 unspecified atom stereocenters. The molecular weight excluding hydrogens is 318 g/mol. The molecule has 2 aromatic rings. The van der Waals surface area contributed by atoms with E-state index < -0.39 is 18.4 Å². The maximum Gasteiger partial charge on any atom is 0.261 e. The van der Waals surface area contributed by atoms with Gasteiger partial charge in [0.1, 0.15) is 6.04 Å². The highest BCUT2D eigenvalue weighted by Gasteiger charge is 2.53. The summed E-state index contributed by atoms with van der Waals surface area (Å²) < 4.78 is 11.1. The number of imide groups is 1. The Morgan fingerprint density at radius 3 is 2.28 bits per heavy atom. The molecule has 3 atom stereocenters. The van der Waals surface area contributed by atoms with E-state index in [1.54, 1.807) is 31.2 Å². The Labute approximate surface area is 147 Å². The summed E-state index contributed by atoms with van der Waals surface area (Å²) in [4.78, 5) is 26.7. The number of hydrogen-bond acceptors (Lipinski definition) is 4. The topological polar surface area (TPSA) is 55.8 Å². The van der Waals surface area contributed by atoms with Crippen molar-refractivity contribution >= 4 is 11.8 Å². The van der Waals surface area contributed by atoms with E-state index in [0.717, 1.165) is 5.56 Å². The number of rotatable bonds is 6. The Morgan fingerprint density at radius 2 is 1.68 bits per heavy atom. The predicted molar refractivity (Wildman–Crippen MR) is 92.8 cm³/mol. The zero-order chi connectivity index (χ0) is 17.8. The first-order valence-corrected chi connectivity index (χ1v) is 8.38. The van der Waals surface area contributed by atoms with E-state index in [2.05, 4.69) is 0 Å². The van der Waals surface area contributed by atoms with E-state index in [9.17, 15) is 9.59 Å². The van der Waals surface area contributed by atoms with Crippen molar-refractivity contribution in [1.82, 2.24) is 4.90 Å². The molecule has 1 aliphatic rings. The Kier molecular flexibility index (Phi) is 5.26. The number of nitrogens with zero attached hydrogens (tertiary/aromatic N) is 1. The molecule has 5 heteroatoms. The van der Waals surface area contributed by atoms with Crippen LogP contribution in [0.2, 0.25) is 0 Å². The smallest absolute Gasteiger partial charge is 0.261 e. The van der Waals surface area contributed by atoms with Crippen LogP contribution in [0.15, 0.2) is 60.7 Å². The van der Waals surface area contributed by atoms with Crippen LogP contribution in [-0.4, -0.2) is 35.7 Å². The highest BCUT2D eigenvalue weighted by atomic mass is 16.7. The van der Waals surface area contributed by atoms with Crippen molar-refractivity contribution in [2.24, 2.45) is 0 Å². The van der Waals surface area contributed by atoms with Crippen molar-refractivity contribution in [3.63, 3.8) is 0 Å². The molecule has 2 aromatic carbocycles. The summed E-state index contributed by atoms with van der Waals surface area (Å²) in [6.45, 7) is 4.10. The average molecular weight is 339 g/mol. The molecule has 1 fully saturated rings.